The molecule has 1 heterocycles. The molecule has 4 nitrogen and oxygen atoms in total. The molecule has 0 saturated carbocycles. The van der Waals surface area contributed by atoms with Gasteiger partial charge < -0.3 is 11.9 Å². The van der Waals surface area contributed by atoms with Gasteiger partial charge in [-0.25, -0.2) is 4.98 Å². The Morgan fingerprint density at radius 2 is 2.42 bits per heavy atom. The third kappa shape index (κ3) is 2.57. The van der Waals surface area contributed by atoms with Crippen LogP contribution in [-0.2, 0) is 0 Å². The summed E-state index contributed by atoms with van der Waals surface area (Å²) in [6.45, 7) is 0. The second-order valence-electron chi connectivity index (χ2n) is 1.95. The minimum absolute atomic E-state index is 0. The van der Waals surface area contributed by atoms with Crippen LogP contribution in [0.15, 0.2) is 18.3 Å². The third-order valence-corrected chi connectivity index (χ3v) is 1.23. The summed E-state index contributed by atoms with van der Waals surface area (Å²) in [4.78, 5) is 14.4. The first-order valence-electron chi connectivity index (χ1n) is 3.04. The van der Waals surface area contributed by atoms with E-state index < -0.39 is 5.91 Å². The molecule has 0 spiro atoms. The number of hydrogen-bond acceptors (Lipinski definition) is 3. The van der Waals surface area contributed by atoms with Crippen molar-refractivity contribution in [3.05, 3.63) is 23.9 Å². The van der Waals surface area contributed by atoms with E-state index >= 15 is 0 Å². The predicted octanol–water partition coefficient (Wildman–Crippen LogP) is -2.69. The van der Waals surface area contributed by atoms with Gasteiger partial charge in [0.1, 0.15) is 0 Å². The van der Waals surface area contributed by atoms with Crippen molar-refractivity contribution < 1.29 is 29.8 Å². The molecule has 0 fully saturated rings. The molecule has 0 radical (unpaired) electrons. The molecular weight excluding hydrogens is 151 g/mol. The summed E-state index contributed by atoms with van der Waals surface area (Å²) in [6.07, 6.45) is 1.47. The number of hydrogen-bond donors (Lipinski definition) is 1. The van der Waals surface area contributed by atoms with E-state index in [1.807, 2.05) is 0 Å². The summed E-state index contributed by atoms with van der Waals surface area (Å²) in [7, 11) is 1.48. The number of primary amides is 1. The number of nitrogens with two attached hydrogens (primary N) is 1. The minimum Gasteiger partial charge on any atom is -1.00 e. The van der Waals surface area contributed by atoms with Crippen LogP contribution in [-0.4, -0.2) is 18.0 Å². The van der Waals surface area contributed by atoms with Gasteiger partial charge in [0, 0.05) is 17.8 Å². The van der Waals surface area contributed by atoms with Crippen LogP contribution < -0.4 is 29.3 Å². The van der Waals surface area contributed by atoms with Gasteiger partial charge in [-0.3, -0.25) is 4.79 Å². The molecule has 0 aliphatic rings. The fourth-order valence-electron chi connectivity index (χ4n) is 0.674. The van der Waals surface area contributed by atoms with E-state index in [1.165, 1.54) is 25.4 Å². The van der Waals surface area contributed by atoms with Crippen LogP contribution in [0, 0.1) is 0 Å². The van der Waals surface area contributed by atoms with Crippen LogP contribution in [0.5, 0.6) is 5.88 Å². The van der Waals surface area contributed by atoms with Crippen molar-refractivity contribution in [2.75, 3.05) is 7.11 Å². The van der Waals surface area contributed by atoms with E-state index in [0.29, 0.717) is 11.4 Å². The Bertz CT molecular complexity index is 283. The maximum absolute atomic E-state index is 10.6. The number of methoxy groups -OCH3 is 1. The molecule has 2 N–H and O–H groups in total. The largest absolute Gasteiger partial charge is 1.00 e. The zero-order valence-electron chi connectivity index (χ0n) is 8.07. The molecular formula is C7H9LiN2O2. The molecule has 0 aliphatic heterocycles. The van der Waals surface area contributed by atoms with Gasteiger partial charge in [-0.05, 0) is 6.07 Å². The van der Waals surface area contributed by atoms with E-state index in [4.69, 9.17) is 10.5 Å². The molecule has 0 unspecified atom stereocenters. The van der Waals surface area contributed by atoms with Crippen LogP contribution in [0.1, 0.15) is 11.8 Å². The molecule has 1 aromatic heterocycles. The Kier molecular flexibility index (Phi) is 4.41. The first-order valence-corrected chi connectivity index (χ1v) is 3.04. The molecule has 1 aromatic rings. The van der Waals surface area contributed by atoms with E-state index in [2.05, 4.69) is 4.98 Å². The Morgan fingerprint density at radius 3 is 2.92 bits per heavy atom. The number of carbonyl (C=O) groups is 1. The van der Waals surface area contributed by atoms with E-state index in [0.717, 1.165) is 0 Å². The molecule has 0 atom stereocenters. The normalized spacial score (nSPS) is 8.42. The summed E-state index contributed by atoms with van der Waals surface area (Å²) in [5.74, 6) is -0.0907. The molecule has 0 bridgehead atoms. The molecule has 0 aromatic carbocycles. The molecule has 60 valence electrons. The average Bonchev–Trinajstić information content (AvgIpc) is 2.05. The van der Waals surface area contributed by atoms with Gasteiger partial charge in [-0.2, -0.15) is 0 Å². The fraction of sp³-hybridized carbons (Fsp3) is 0.143. The Balaban J connectivity index is 0. The van der Waals surface area contributed by atoms with E-state index in [9.17, 15) is 4.79 Å². The van der Waals surface area contributed by atoms with Gasteiger partial charge in [0.25, 0.3) is 0 Å². The van der Waals surface area contributed by atoms with Crippen LogP contribution in [0.2, 0.25) is 0 Å². The number of nitrogens with zero attached hydrogens (tertiary/aromatic N) is 1. The number of ether oxygens (including phenoxy) is 1. The van der Waals surface area contributed by atoms with E-state index in [-0.39, 0.29) is 20.3 Å². The number of aromatic nitrogens is 1. The molecule has 5 heteroatoms. The van der Waals surface area contributed by atoms with Crippen molar-refractivity contribution in [2.45, 2.75) is 0 Å². The zero-order chi connectivity index (χ0) is 8.27. The summed E-state index contributed by atoms with van der Waals surface area (Å²) < 4.78 is 4.79. The number of rotatable bonds is 2. The number of amides is 1. The Labute approximate surface area is 83.8 Å². The third-order valence-electron chi connectivity index (χ3n) is 1.23. The first kappa shape index (κ1) is 11.0. The second-order valence-corrected chi connectivity index (χ2v) is 1.95. The predicted molar refractivity (Wildman–Crippen MR) is 40.4 cm³/mol. The van der Waals surface area contributed by atoms with Crippen molar-refractivity contribution in [3.63, 3.8) is 0 Å². The number of carbonyl (C=O) groups excluding carboxylic acids is 1. The summed E-state index contributed by atoms with van der Waals surface area (Å²) >= 11 is 0. The summed E-state index contributed by atoms with van der Waals surface area (Å²) in [5.41, 5.74) is 5.41. The van der Waals surface area contributed by atoms with Gasteiger partial charge >= 0.3 is 18.9 Å². The maximum Gasteiger partial charge on any atom is 1.00 e. The average molecular weight is 160 g/mol. The van der Waals surface area contributed by atoms with Crippen molar-refractivity contribution in [3.8, 4) is 5.88 Å². The maximum atomic E-state index is 10.6. The molecule has 12 heavy (non-hydrogen) atoms. The smallest absolute Gasteiger partial charge is 1.00 e. The van der Waals surface area contributed by atoms with Crippen molar-refractivity contribution in [1.29, 1.82) is 0 Å². The SMILES string of the molecule is COc1cc(C(N)=O)ccn1.[H-].[Li+]. The van der Waals surface area contributed by atoms with E-state index in [1.54, 1.807) is 0 Å². The standard InChI is InChI=1S/C7H8N2O2.Li.H/c1-11-6-4-5(7(8)10)2-3-9-6;;/h2-4H,1H3,(H2,8,10);;/q;+1;-1. The Hall–Kier alpha value is -0.983. The van der Waals surface area contributed by atoms with Crippen LogP contribution >= 0.6 is 0 Å². The van der Waals surface area contributed by atoms with Crippen LogP contribution in [0.25, 0.3) is 0 Å². The minimum atomic E-state index is -0.481. The van der Waals surface area contributed by atoms with Crippen molar-refractivity contribution >= 4 is 5.91 Å². The van der Waals surface area contributed by atoms with Gasteiger partial charge in [-0.1, -0.05) is 0 Å². The molecule has 0 aliphatic carbocycles. The summed E-state index contributed by atoms with van der Waals surface area (Å²) in [6, 6.07) is 3.02. The van der Waals surface area contributed by atoms with Crippen LogP contribution in [0.3, 0.4) is 0 Å². The van der Waals surface area contributed by atoms with Gasteiger partial charge in [-0.15, -0.1) is 0 Å². The quantitative estimate of drug-likeness (QED) is 0.479. The monoisotopic (exact) mass is 160 g/mol. The van der Waals surface area contributed by atoms with Gasteiger partial charge in [0.2, 0.25) is 11.8 Å². The molecule has 0 saturated heterocycles. The van der Waals surface area contributed by atoms with Crippen molar-refractivity contribution in [2.24, 2.45) is 5.73 Å². The van der Waals surface area contributed by atoms with Crippen molar-refractivity contribution in [1.82, 2.24) is 4.98 Å². The topological polar surface area (TPSA) is 65.2 Å². The van der Waals surface area contributed by atoms with Gasteiger partial charge in [0.05, 0.1) is 7.11 Å². The molecule has 1 rings (SSSR count). The zero-order valence-corrected chi connectivity index (χ0v) is 7.07. The number of pyridine rings is 1. The molecule has 1 amide bonds. The second kappa shape index (κ2) is 4.81. The summed E-state index contributed by atoms with van der Waals surface area (Å²) in [5, 5.41) is 0. The fourth-order valence-corrected chi connectivity index (χ4v) is 0.674. The van der Waals surface area contributed by atoms with Crippen LogP contribution in [0.4, 0.5) is 0 Å². The van der Waals surface area contributed by atoms with Gasteiger partial charge in [0.15, 0.2) is 0 Å². The first-order chi connectivity index (χ1) is 5.24. The Morgan fingerprint density at radius 1 is 1.75 bits per heavy atom.